The van der Waals surface area contributed by atoms with Gasteiger partial charge in [0.2, 0.25) is 17.7 Å². The molecule has 0 aliphatic carbocycles. The van der Waals surface area contributed by atoms with E-state index < -0.39 is 41.2 Å². The normalized spacial score (nSPS) is 30.5. The lowest BCUT2D eigenvalue weighted by Gasteiger charge is -2.38. The number of rotatable bonds is 8. The van der Waals surface area contributed by atoms with E-state index in [2.05, 4.69) is 10.6 Å². The smallest absolute Gasteiger partial charge is 0.246 e. The second kappa shape index (κ2) is 9.54. The Kier molecular flexibility index (Phi) is 6.99. The number of fused-ring (bicyclic) bond motifs is 1. The maximum atomic E-state index is 14.0. The summed E-state index contributed by atoms with van der Waals surface area (Å²) in [6.45, 7) is 9.84. The molecule has 3 amide bonds. The van der Waals surface area contributed by atoms with Crippen molar-refractivity contribution in [3.8, 4) is 0 Å². The first-order chi connectivity index (χ1) is 16.5. The van der Waals surface area contributed by atoms with Gasteiger partial charge in [-0.05, 0) is 51.5 Å². The van der Waals surface area contributed by atoms with Crippen LogP contribution < -0.4 is 10.6 Å². The van der Waals surface area contributed by atoms with Crippen LogP contribution in [0.3, 0.4) is 0 Å². The molecule has 3 aliphatic rings. The van der Waals surface area contributed by atoms with E-state index in [9.17, 15) is 19.5 Å². The fourth-order valence-electron chi connectivity index (χ4n) is 6.25. The molecule has 3 saturated heterocycles. The summed E-state index contributed by atoms with van der Waals surface area (Å²) in [5, 5.41) is 16.3. The molecule has 4 rings (SSSR count). The number of hydrogen-bond donors (Lipinski definition) is 3. The van der Waals surface area contributed by atoms with Crippen molar-refractivity contribution in [3.05, 3.63) is 35.9 Å². The lowest BCUT2D eigenvalue weighted by molar-refractivity contribution is -0.146. The van der Waals surface area contributed by atoms with Crippen LogP contribution in [0.4, 0.5) is 0 Å². The zero-order chi connectivity index (χ0) is 25.5. The number of carbonyl (C=O) groups is 3. The molecule has 192 valence electrons. The van der Waals surface area contributed by atoms with Gasteiger partial charge >= 0.3 is 0 Å². The number of ether oxygens (including phenoxy) is 1. The van der Waals surface area contributed by atoms with Crippen molar-refractivity contribution in [1.29, 1.82) is 0 Å². The highest BCUT2D eigenvalue weighted by Crippen LogP contribution is 2.59. The van der Waals surface area contributed by atoms with Gasteiger partial charge in [-0.2, -0.15) is 0 Å². The van der Waals surface area contributed by atoms with Crippen molar-refractivity contribution in [2.75, 3.05) is 6.61 Å². The Morgan fingerprint density at radius 1 is 1.20 bits per heavy atom. The molecular weight excluding hydrogens is 446 g/mol. The molecule has 0 saturated carbocycles. The van der Waals surface area contributed by atoms with Crippen LogP contribution >= 0.6 is 0 Å². The van der Waals surface area contributed by atoms with Crippen molar-refractivity contribution in [3.63, 3.8) is 0 Å². The fourth-order valence-corrected chi connectivity index (χ4v) is 6.25. The van der Waals surface area contributed by atoms with Crippen molar-refractivity contribution < 1.29 is 24.2 Å². The Morgan fingerprint density at radius 2 is 1.89 bits per heavy atom. The number of nitrogens with one attached hydrogen (secondary N) is 2. The van der Waals surface area contributed by atoms with Crippen LogP contribution in [0.5, 0.6) is 0 Å². The molecule has 1 aromatic rings. The summed E-state index contributed by atoms with van der Waals surface area (Å²) < 4.78 is 6.45. The highest BCUT2D eigenvalue weighted by Gasteiger charge is 2.75. The largest absolute Gasteiger partial charge is 0.394 e. The molecule has 1 aromatic carbocycles. The molecule has 3 aliphatic heterocycles. The maximum absolute atomic E-state index is 14.0. The van der Waals surface area contributed by atoms with E-state index in [4.69, 9.17) is 4.74 Å². The molecule has 3 fully saturated rings. The minimum Gasteiger partial charge on any atom is -0.394 e. The lowest BCUT2D eigenvalue weighted by Crippen LogP contribution is -2.60. The summed E-state index contributed by atoms with van der Waals surface area (Å²) in [5.74, 6) is -1.96. The van der Waals surface area contributed by atoms with Crippen LogP contribution in [0.2, 0.25) is 0 Å². The topological polar surface area (TPSA) is 108 Å². The van der Waals surface area contributed by atoms with Gasteiger partial charge in [-0.1, -0.05) is 44.2 Å². The van der Waals surface area contributed by atoms with Crippen molar-refractivity contribution in [2.45, 2.75) is 89.8 Å². The maximum Gasteiger partial charge on any atom is 0.246 e. The lowest BCUT2D eigenvalue weighted by atomic mass is 9.70. The highest BCUT2D eigenvalue weighted by molar-refractivity contribution is 5.99. The Hall–Kier alpha value is -2.45. The summed E-state index contributed by atoms with van der Waals surface area (Å²) in [6.07, 6.45) is 1.31. The van der Waals surface area contributed by atoms with Gasteiger partial charge in [0.1, 0.15) is 11.6 Å². The van der Waals surface area contributed by atoms with Crippen LogP contribution in [0, 0.1) is 17.8 Å². The number of carbonyl (C=O) groups excluding carboxylic acids is 3. The number of amides is 3. The Morgan fingerprint density at radius 3 is 2.49 bits per heavy atom. The summed E-state index contributed by atoms with van der Waals surface area (Å²) in [5.41, 5.74) is -0.592. The van der Waals surface area contributed by atoms with Crippen LogP contribution in [-0.4, -0.2) is 63.7 Å². The quantitative estimate of drug-likeness (QED) is 0.522. The van der Waals surface area contributed by atoms with E-state index >= 15 is 0 Å². The predicted molar refractivity (Wildman–Crippen MR) is 131 cm³/mol. The van der Waals surface area contributed by atoms with Gasteiger partial charge in [-0.3, -0.25) is 14.4 Å². The molecule has 3 N–H and O–H groups in total. The number of aliphatic hydroxyl groups excluding tert-OH is 1. The van der Waals surface area contributed by atoms with Crippen LogP contribution in [0.15, 0.2) is 30.3 Å². The number of hydrogen-bond acceptors (Lipinski definition) is 5. The zero-order valence-electron chi connectivity index (χ0n) is 21.4. The molecule has 1 spiro atoms. The van der Waals surface area contributed by atoms with E-state index in [1.165, 1.54) is 0 Å². The van der Waals surface area contributed by atoms with Gasteiger partial charge in [0.05, 0.1) is 30.6 Å². The molecular formula is C27H39N3O5. The van der Waals surface area contributed by atoms with Crippen molar-refractivity contribution in [2.24, 2.45) is 17.8 Å². The summed E-state index contributed by atoms with van der Waals surface area (Å²) in [6, 6.07) is 8.22. The molecule has 8 heteroatoms. The molecule has 35 heavy (non-hydrogen) atoms. The minimum absolute atomic E-state index is 0.214. The van der Waals surface area contributed by atoms with Gasteiger partial charge in [0.25, 0.3) is 0 Å². The van der Waals surface area contributed by atoms with Gasteiger partial charge in [-0.25, -0.2) is 0 Å². The van der Waals surface area contributed by atoms with E-state index in [-0.39, 0.29) is 30.2 Å². The van der Waals surface area contributed by atoms with E-state index in [0.29, 0.717) is 25.8 Å². The molecule has 3 heterocycles. The van der Waals surface area contributed by atoms with Crippen LogP contribution in [-0.2, 0) is 25.7 Å². The van der Waals surface area contributed by atoms with Crippen molar-refractivity contribution in [1.82, 2.24) is 15.5 Å². The first kappa shape index (κ1) is 25.6. The standard InChI is InChI=1S/C27H39N3O5/c1-16(2)13-18(15-31)30-22(24(33)29-26(3,4)5)27-12-11-19(35-27)20(21(27)25(30)34)23(32)28-14-17-9-7-6-8-10-17/h6-10,16,18-22,31H,11-15H2,1-5H3,(H,28,32)(H,29,33)/t18-,19+,20-,21+,22?,27?/m1/s1. The third-order valence-corrected chi connectivity index (χ3v) is 7.44. The second-order valence-electron chi connectivity index (χ2n) is 11.7. The van der Waals surface area contributed by atoms with Gasteiger partial charge < -0.3 is 25.4 Å². The Labute approximate surface area is 207 Å². The third-order valence-electron chi connectivity index (χ3n) is 7.44. The second-order valence-corrected chi connectivity index (χ2v) is 11.7. The molecule has 2 bridgehead atoms. The number of benzene rings is 1. The Bertz CT molecular complexity index is 959. The SMILES string of the molecule is CC(C)C[C@H](CO)N1C(=O)[C@@H]2[C@H](C(=O)NCc3ccccc3)[C@@H]3CCC2(O3)C1C(=O)NC(C)(C)C. The third kappa shape index (κ3) is 4.70. The minimum atomic E-state index is -1.06. The van der Waals surface area contributed by atoms with E-state index in [1.54, 1.807) is 4.90 Å². The van der Waals surface area contributed by atoms with Gasteiger partial charge in [0.15, 0.2) is 0 Å². The zero-order valence-corrected chi connectivity index (χ0v) is 21.4. The van der Waals surface area contributed by atoms with Gasteiger partial charge in [0, 0.05) is 12.1 Å². The first-order valence-corrected chi connectivity index (χ1v) is 12.7. The summed E-state index contributed by atoms with van der Waals surface area (Å²) in [4.78, 5) is 42.6. The van der Waals surface area contributed by atoms with Crippen molar-refractivity contribution >= 4 is 17.7 Å². The average molecular weight is 486 g/mol. The van der Waals surface area contributed by atoms with Gasteiger partial charge in [-0.15, -0.1) is 0 Å². The van der Waals surface area contributed by atoms with Crippen LogP contribution in [0.25, 0.3) is 0 Å². The van der Waals surface area contributed by atoms with E-state index in [1.807, 2.05) is 65.0 Å². The number of likely N-dealkylation sites (tertiary alicyclic amines) is 1. The molecule has 0 aromatic heterocycles. The Balaban J connectivity index is 1.66. The summed E-state index contributed by atoms with van der Waals surface area (Å²) >= 11 is 0. The first-order valence-electron chi connectivity index (χ1n) is 12.7. The molecule has 6 atom stereocenters. The number of aliphatic hydroxyl groups is 1. The molecule has 8 nitrogen and oxygen atoms in total. The average Bonchev–Trinajstić information content (AvgIpc) is 3.42. The fraction of sp³-hybridized carbons (Fsp3) is 0.667. The predicted octanol–water partition coefficient (Wildman–Crippen LogP) is 2.00. The molecule has 0 radical (unpaired) electrons. The van der Waals surface area contributed by atoms with Crippen LogP contribution in [0.1, 0.15) is 59.4 Å². The summed E-state index contributed by atoms with van der Waals surface area (Å²) in [7, 11) is 0. The monoisotopic (exact) mass is 485 g/mol. The molecule has 2 unspecified atom stereocenters. The highest BCUT2D eigenvalue weighted by atomic mass is 16.5. The van der Waals surface area contributed by atoms with E-state index in [0.717, 1.165) is 5.56 Å². The number of nitrogens with zero attached hydrogens (tertiary/aromatic N) is 1.